The van der Waals surface area contributed by atoms with Gasteiger partial charge in [-0.2, -0.15) is 0 Å². The Hall–Kier alpha value is -1.75. The molecule has 1 aliphatic carbocycles. The van der Waals surface area contributed by atoms with Crippen LogP contribution in [-0.2, 0) is 16.1 Å². The van der Waals surface area contributed by atoms with Gasteiger partial charge in [-0.1, -0.05) is 12.1 Å². The van der Waals surface area contributed by atoms with E-state index in [0.29, 0.717) is 24.8 Å². The van der Waals surface area contributed by atoms with Gasteiger partial charge in [-0.25, -0.2) is 0 Å². The summed E-state index contributed by atoms with van der Waals surface area (Å²) in [7, 11) is 0. The number of esters is 1. The number of nitrogens with one attached hydrogen (secondary N) is 1. The highest BCUT2D eigenvalue weighted by Gasteiger charge is 2.27. The van der Waals surface area contributed by atoms with E-state index >= 15 is 0 Å². The van der Waals surface area contributed by atoms with Crippen molar-refractivity contribution in [1.82, 2.24) is 5.32 Å². The number of para-hydroxylation sites is 1. The van der Waals surface area contributed by atoms with Crippen molar-refractivity contribution in [2.75, 3.05) is 6.61 Å². The van der Waals surface area contributed by atoms with Gasteiger partial charge in [-0.3, -0.25) is 4.79 Å². The smallest absolute Gasteiger partial charge is 0.308 e. The van der Waals surface area contributed by atoms with Crippen LogP contribution in [0.4, 0.5) is 0 Å². The number of phenols is 2. The Kier molecular flexibility index (Phi) is 5.44. The van der Waals surface area contributed by atoms with Gasteiger partial charge in [-0.05, 0) is 38.7 Å². The lowest BCUT2D eigenvalue weighted by atomic mass is 9.86. The summed E-state index contributed by atoms with van der Waals surface area (Å²) in [5, 5.41) is 22.6. The molecule has 0 atom stereocenters. The van der Waals surface area contributed by atoms with Crippen LogP contribution in [0.3, 0.4) is 0 Å². The van der Waals surface area contributed by atoms with Gasteiger partial charge >= 0.3 is 5.97 Å². The predicted molar refractivity (Wildman–Crippen MR) is 79.0 cm³/mol. The van der Waals surface area contributed by atoms with Crippen LogP contribution < -0.4 is 5.32 Å². The molecule has 1 aromatic carbocycles. The molecule has 0 unspecified atom stereocenters. The Morgan fingerprint density at radius 3 is 2.67 bits per heavy atom. The summed E-state index contributed by atoms with van der Waals surface area (Å²) in [5.74, 6) is -0.218. The fourth-order valence-electron chi connectivity index (χ4n) is 2.77. The van der Waals surface area contributed by atoms with E-state index in [1.165, 1.54) is 6.07 Å². The molecule has 0 aliphatic heterocycles. The number of carbonyl (C=O) groups is 1. The van der Waals surface area contributed by atoms with Crippen LogP contribution in [0.1, 0.15) is 38.2 Å². The van der Waals surface area contributed by atoms with Crippen molar-refractivity contribution >= 4 is 5.97 Å². The van der Waals surface area contributed by atoms with Crippen molar-refractivity contribution in [3.05, 3.63) is 23.8 Å². The number of rotatable bonds is 5. The van der Waals surface area contributed by atoms with Crippen molar-refractivity contribution in [2.45, 2.75) is 45.2 Å². The lowest BCUT2D eigenvalue weighted by molar-refractivity contribution is -0.149. The predicted octanol–water partition coefficient (Wildman–Crippen LogP) is 2.31. The van der Waals surface area contributed by atoms with Crippen molar-refractivity contribution in [1.29, 1.82) is 0 Å². The topological polar surface area (TPSA) is 78.8 Å². The highest BCUT2D eigenvalue weighted by molar-refractivity contribution is 5.72. The number of aromatic hydroxyl groups is 2. The van der Waals surface area contributed by atoms with Gasteiger partial charge in [0.25, 0.3) is 0 Å². The zero-order valence-electron chi connectivity index (χ0n) is 12.3. The first-order chi connectivity index (χ1) is 10.1. The molecule has 0 heterocycles. The zero-order chi connectivity index (χ0) is 15.2. The lowest BCUT2D eigenvalue weighted by Crippen LogP contribution is -2.35. The van der Waals surface area contributed by atoms with E-state index in [1.807, 2.05) is 6.92 Å². The average Bonchev–Trinajstić information content (AvgIpc) is 2.49. The third-order valence-corrected chi connectivity index (χ3v) is 4.03. The molecule has 21 heavy (non-hydrogen) atoms. The fraction of sp³-hybridized carbons (Fsp3) is 0.562. The molecule has 0 saturated heterocycles. The maximum atomic E-state index is 11.7. The van der Waals surface area contributed by atoms with Gasteiger partial charge in [0.2, 0.25) is 0 Å². The van der Waals surface area contributed by atoms with Crippen LogP contribution in [0.15, 0.2) is 18.2 Å². The van der Waals surface area contributed by atoms with Crippen molar-refractivity contribution in [2.24, 2.45) is 5.92 Å². The first-order valence-corrected chi connectivity index (χ1v) is 7.51. The minimum absolute atomic E-state index is 0.0252. The van der Waals surface area contributed by atoms with Gasteiger partial charge in [0.1, 0.15) is 0 Å². The summed E-state index contributed by atoms with van der Waals surface area (Å²) < 4.78 is 5.05. The van der Waals surface area contributed by atoms with Crippen LogP contribution in [-0.4, -0.2) is 28.8 Å². The summed E-state index contributed by atoms with van der Waals surface area (Å²) in [5.41, 5.74) is 0.683. The molecule has 5 heteroatoms. The fourth-order valence-corrected chi connectivity index (χ4v) is 2.77. The number of hydrogen-bond acceptors (Lipinski definition) is 5. The second kappa shape index (κ2) is 7.31. The number of hydrogen-bond donors (Lipinski definition) is 3. The van der Waals surface area contributed by atoms with Gasteiger partial charge in [-0.15, -0.1) is 0 Å². The molecular weight excluding hydrogens is 270 g/mol. The van der Waals surface area contributed by atoms with E-state index in [-0.39, 0.29) is 23.4 Å². The van der Waals surface area contributed by atoms with Gasteiger partial charge in [0, 0.05) is 18.2 Å². The lowest BCUT2D eigenvalue weighted by Gasteiger charge is -2.28. The van der Waals surface area contributed by atoms with Crippen LogP contribution in [0, 0.1) is 5.92 Å². The number of phenolic OH excluding ortho intramolecular Hbond substituents is 2. The van der Waals surface area contributed by atoms with Gasteiger partial charge < -0.3 is 20.3 Å². The summed E-state index contributed by atoms with van der Waals surface area (Å²) in [4.78, 5) is 11.7. The Bertz CT molecular complexity index is 481. The Morgan fingerprint density at radius 2 is 2.00 bits per heavy atom. The van der Waals surface area contributed by atoms with E-state index in [0.717, 1.165) is 25.7 Å². The van der Waals surface area contributed by atoms with Gasteiger partial charge in [0.15, 0.2) is 11.5 Å². The molecule has 0 radical (unpaired) electrons. The monoisotopic (exact) mass is 293 g/mol. The first-order valence-electron chi connectivity index (χ1n) is 7.51. The maximum absolute atomic E-state index is 11.7. The second-order valence-electron chi connectivity index (χ2n) is 5.47. The minimum atomic E-state index is -0.0969. The third kappa shape index (κ3) is 4.11. The summed E-state index contributed by atoms with van der Waals surface area (Å²) in [6.07, 6.45) is 3.51. The molecule has 1 fully saturated rings. The highest BCUT2D eigenvalue weighted by Crippen LogP contribution is 2.29. The molecule has 3 N–H and O–H groups in total. The number of carbonyl (C=O) groups excluding carboxylic acids is 1. The molecule has 2 rings (SSSR count). The zero-order valence-corrected chi connectivity index (χ0v) is 12.3. The number of benzene rings is 1. The summed E-state index contributed by atoms with van der Waals surface area (Å²) >= 11 is 0. The molecule has 1 aromatic rings. The van der Waals surface area contributed by atoms with Crippen molar-refractivity contribution < 1.29 is 19.7 Å². The molecule has 5 nitrogen and oxygen atoms in total. The minimum Gasteiger partial charge on any atom is -0.504 e. The Balaban J connectivity index is 1.79. The quantitative estimate of drug-likeness (QED) is 0.573. The average molecular weight is 293 g/mol. The normalized spacial score (nSPS) is 22.0. The van der Waals surface area contributed by atoms with Crippen LogP contribution in [0.2, 0.25) is 0 Å². The van der Waals surface area contributed by atoms with Crippen LogP contribution in [0.25, 0.3) is 0 Å². The molecule has 0 amide bonds. The van der Waals surface area contributed by atoms with E-state index in [1.54, 1.807) is 12.1 Å². The van der Waals surface area contributed by atoms with Crippen molar-refractivity contribution in [3.8, 4) is 11.5 Å². The highest BCUT2D eigenvalue weighted by atomic mass is 16.5. The van der Waals surface area contributed by atoms with E-state index in [2.05, 4.69) is 5.32 Å². The Labute approximate surface area is 124 Å². The van der Waals surface area contributed by atoms with E-state index in [4.69, 9.17) is 4.74 Å². The van der Waals surface area contributed by atoms with Crippen molar-refractivity contribution in [3.63, 3.8) is 0 Å². The second-order valence-corrected chi connectivity index (χ2v) is 5.47. The van der Waals surface area contributed by atoms with E-state index in [9.17, 15) is 15.0 Å². The number of ether oxygens (including phenoxy) is 1. The molecule has 1 saturated carbocycles. The van der Waals surface area contributed by atoms with Crippen LogP contribution >= 0.6 is 0 Å². The van der Waals surface area contributed by atoms with E-state index < -0.39 is 0 Å². The molecule has 0 aromatic heterocycles. The molecular formula is C16H23NO4. The SMILES string of the molecule is CCOC(=O)C1CCC(NCc2cccc(O)c2O)CC1. The first kappa shape index (κ1) is 15.6. The summed E-state index contributed by atoms with van der Waals surface area (Å²) in [6, 6.07) is 5.29. The Morgan fingerprint density at radius 1 is 1.29 bits per heavy atom. The molecule has 1 aliphatic rings. The molecule has 0 bridgehead atoms. The summed E-state index contributed by atoms with van der Waals surface area (Å²) in [6.45, 7) is 2.77. The van der Waals surface area contributed by atoms with Crippen LogP contribution in [0.5, 0.6) is 11.5 Å². The third-order valence-electron chi connectivity index (χ3n) is 4.03. The van der Waals surface area contributed by atoms with Gasteiger partial charge in [0.05, 0.1) is 12.5 Å². The largest absolute Gasteiger partial charge is 0.504 e. The molecule has 0 spiro atoms. The standard InChI is InChI=1S/C16H23NO4/c1-2-21-16(20)11-6-8-13(9-7-11)17-10-12-4-3-5-14(18)15(12)19/h3-5,11,13,17-19H,2,6-10H2,1H3. The molecule has 116 valence electrons. The maximum Gasteiger partial charge on any atom is 0.308 e.